The predicted octanol–water partition coefficient (Wildman–Crippen LogP) is 3.18. The molecule has 0 atom stereocenters. The second-order valence-electron chi connectivity index (χ2n) is 8.51. The van der Waals surface area contributed by atoms with Crippen LogP contribution in [0.1, 0.15) is 42.5 Å². The minimum atomic E-state index is -0.648. The summed E-state index contributed by atoms with van der Waals surface area (Å²) in [6.45, 7) is 3.43. The van der Waals surface area contributed by atoms with E-state index in [1.54, 1.807) is 24.3 Å². The topological polar surface area (TPSA) is 90.0 Å². The molecular weight excluding hydrogens is 422 g/mol. The van der Waals surface area contributed by atoms with Crippen LogP contribution >= 0.6 is 0 Å². The van der Waals surface area contributed by atoms with Gasteiger partial charge in [-0.3, -0.25) is 9.69 Å². The van der Waals surface area contributed by atoms with Gasteiger partial charge in [0.2, 0.25) is 5.88 Å². The first-order valence-electron chi connectivity index (χ1n) is 11.6. The Morgan fingerprint density at radius 1 is 1.03 bits per heavy atom. The highest BCUT2D eigenvalue weighted by Crippen LogP contribution is 2.34. The van der Waals surface area contributed by atoms with Crippen LogP contribution in [-0.2, 0) is 14.3 Å². The summed E-state index contributed by atoms with van der Waals surface area (Å²) < 4.78 is 16.5. The lowest BCUT2D eigenvalue weighted by atomic mass is 9.79. The number of nitrogens with zero attached hydrogens (tertiary/aromatic N) is 2. The smallest absolute Gasteiger partial charge is 0.344 e. The zero-order valence-electron chi connectivity index (χ0n) is 18.8. The first-order chi connectivity index (χ1) is 16.2. The number of aromatic nitrogens is 1. The molecule has 8 heteroatoms. The first-order valence-corrected chi connectivity index (χ1v) is 11.6. The zero-order valence-corrected chi connectivity index (χ0v) is 18.8. The van der Waals surface area contributed by atoms with Crippen LogP contribution in [0, 0.1) is 0 Å². The van der Waals surface area contributed by atoms with Gasteiger partial charge in [-0.15, -0.1) is 0 Å². The molecular formula is C25H31N3O5. The van der Waals surface area contributed by atoms with E-state index in [1.807, 2.05) is 18.2 Å². The summed E-state index contributed by atoms with van der Waals surface area (Å²) in [5.74, 6) is -0.257. The van der Waals surface area contributed by atoms with Crippen molar-refractivity contribution < 1.29 is 23.8 Å². The van der Waals surface area contributed by atoms with Crippen LogP contribution in [0.4, 0.5) is 0 Å². The Morgan fingerprint density at radius 2 is 1.79 bits per heavy atom. The third-order valence-corrected chi connectivity index (χ3v) is 6.36. The third-order valence-electron chi connectivity index (χ3n) is 6.36. The number of hydrogen-bond donors (Lipinski definition) is 1. The van der Waals surface area contributed by atoms with Crippen molar-refractivity contribution in [3.8, 4) is 11.6 Å². The van der Waals surface area contributed by atoms with Crippen molar-refractivity contribution in [3.63, 3.8) is 0 Å². The molecule has 1 amide bonds. The van der Waals surface area contributed by atoms with Crippen molar-refractivity contribution >= 4 is 11.9 Å². The molecule has 176 valence electrons. The number of rotatable bonds is 8. The van der Waals surface area contributed by atoms with Gasteiger partial charge in [0, 0.05) is 31.4 Å². The van der Waals surface area contributed by atoms with Gasteiger partial charge in [-0.2, -0.15) is 0 Å². The largest absolute Gasteiger partial charge is 0.452 e. The molecule has 0 bridgehead atoms. The van der Waals surface area contributed by atoms with Crippen LogP contribution < -0.4 is 10.1 Å². The molecule has 0 unspecified atom stereocenters. The average Bonchev–Trinajstić information content (AvgIpc) is 2.88. The molecule has 1 N–H and O–H groups in total. The monoisotopic (exact) mass is 453 g/mol. The highest BCUT2D eigenvalue weighted by molar-refractivity contribution is 5.93. The number of nitrogens with one attached hydrogen (secondary N) is 1. The van der Waals surface area contributed by atoms with E-state index in [9.17, 15) is 9.59 Å². The van der Waals surface area contributed by atoms with Gasteiger partial charge >= 0.3 is 5.97 Å². The van der Waals surface area contributed by atoms with Gasteiger partial charge in [-0.05, 0) is 37.1 Å². The normalized spacial score (nSPS) is 18.3. The molecule has 1 aliphatic heterocycles. The van der Waals surface area contributed by atoms with E-state index in [1.165, 1.54) is 12.6 Å². The number of ether oxygens (including phenoxy) is 3. The molecule has 1 aliphatic carbocycles. The van der Waals surface area contributed by atoms with E-state index in [-0.39, 0.29) is 29.5 Å². The number of carbonyl (C=O) groups is 2. The van der Waals surface area contributed by atoms with Gasteiger partial charge in [0.1, 0.15) is 11.3 Å². The molecule has 2 fully saturated rings. The molecule has 4 rings (SSSR count). The summed E-state index contributed by atoms with van der Waals surface area (Å²) in [6.07, 6.45) is 7.21. The van der Waals surface area contributed by atoms with E-state index in [0.717, 1.165) is 52.0 Å². The maximum Gasteiger partial charge on any atom is 0.344 e. The second kappa shape index (κ2) is 11.2. The fourth-order valence-electron chi connectivity index (χ4n) is 4.60. The number of esters is 1. The molecule has 1 saturated heterocycles. The Labute approximate surface area is 194 Å². The van der Waals surface area contributed by atoms with Crippen LogP contribution in [0.15, 0.2) is 48.7 Å². The average molecular weight is 454 g/mol. The second-order valence-corrected chi connectivity index (χ2v) is 8.51. The molecule has 2 heterocycles. The summed E-state index contributed by atoms with van der Waals surface area (Å²) in [4.78, 5) is 31.8. The molecule has 1 aromatic heterocycles. The van der Waals surface area contributed by atoms with E-state index in [2.05, 4.69) is 15.2 Å². The minimum absolute atomic E-state index is 0.0399. The highest BCUT2D eigenvalue weighted by Gasteiger charge is 2.38. The Hall–Kier alpha value is -2.97. The van der Waals surface area contributed by atoms with Crippen LogP contribution in [-0.4, -0.2) is 66.8 Å². The van der Waals surface area contributed by atoms with Crippen LogP contribution in [0.25, 0.3) is 0 Å². The number of hydrogen-bond acceptors (Lipinski definition) is 7. The molecule has 0 radical (unpaired) electrons. The number of carbonyl (C=O) groups excluding carboxylic acids is 2. The highest BCUT2D eigenvalue weighted by atomic mass is 16.5. The summed E-state index contributed by atoms with van der Waals surface area (Å²) >= 11 is 0. The number of morpholine rings is 1. The van der Waals surface area contributed by atoms with Crippen molar-refractivity contribution in [2.45, 2.75) is 37.6 Å². The van der Waals surface area contributed by atoms with Crippen LogP contribution in [0.2, 0.25) is 0 Å². The molecule has 1 saturated carbocycles. The third kappa shape index (κ3) is 6.09. The van der Waals surface area contributed by atoms with Crippen molar-refractivity contribution in [3.05, 3.63) is 54.2 Å². The van der Waals surface area contributed by atoms with Crippen LogP contribution in [0.3, 0.4) is 0 Å². The molecule has 2 aromatic rings. The number of pyridine rings is 1. The van der Waals surface area contributed by atoms with E-state index in [4.69, 9.17) is 14.2 Å². The Balaban J connectivity index is 1.32. The lowest BCUT2D eigenvalue weighted by Gasteiger charge is -2.48. The summed E-state index contributed by atoms with van der Waals surface area (Å²) in [6, 6.07) is 12.3. The Morgan fingerprint density at radius 3 is 2.55 bits per heavy atom. The summed E-state index contributed by atoms with van der Waals surface area (Å²) in [5.41, 5.74) is 0.132. The lowest BCUT2D eigenvalue weighted by Crippen LogP contribution is -2.59. The lowest BCUT2D eigenvalue weighted by molar-refractivity contribution is -0.125. The number of amides is 1. The van der Waals surface area contributed by atoms with E-state index < -0.39 is 5.97 Å². The molecule has 1 aromatic carbocycles. The summed E-state index contributed by atoms with van der Waals surface area (Å²) in [5, 5.41) is 3.01. The van der Waals surface area contributed by atoms with Gasteiger partial charge in [-0.1, -0.05) is 37.5 Å². The van der Waals surface area contributed by atoms with Gasteiger partial charge in [-0.25, -0.2) is 9.78 Å². The Kier molecular flexibility index (Phi) is 7.91. The van der Waals surface area contributed by atoms with E-state index >= 15 is 0 Å². The van der Waals surface area contributed by atoms with Gasteiger partial charge < -0.3 is 19.5 Å². The molecule has 33 heavy (non-hydrogen) atoms. The van der Waals surface area contributed by atoms with Gasteiger partial charge in [0.05, 0.1) is 13.2 Å². The van der Waals surface area contributed by atoms with Gasteiger partial charge in [0.15, 0.2) is 6.61 Å². The molecule has 2 aliphatic rings. The molecule has 0 spiro atoms. The van der Waals surface area contributed by atoms with Crippen molar-refractivity contribution in [2.75, 3.05) is 39.5 Å². The maximum atomic E-state index is 12.6. The van der Waals surface area contributed by atoms with E-state index in [0.29, 0.717) is 12.3 Å². The predicted molar refractivity (Wildman–Crippen MR) is 122 cm³/mol. The maximum absolute atomic E-state index is 12.6. The summed E-state index contributed by atoms with van der Waals surface area (Å²) in [7, 11) is 0. The first kappa shape index (κ1) is 23.2. The van der Waals surface area contributed by atoms with Crippen molar-refractivity contribution in [2.24, 2.45) is 0 Å². The number of benzene rings is 1. The zero-order chi connectivity index (χ0) is 22.9. The fraction of sp³-hybridized carbons (Fsp3) is 0.480. The van der Waals surface area contributed by atoms with Crippen molar-refractivity contribution in [1.29, 1.82) is 0 Å². The number of para-hydroxylation sites is 1. The Bertz CT molecular complexity index is 925. The fourth-order valence-corrected chi connectivity index (χ4v) is 4.60. The quantitative estimate of drug-likeness (QED) is 0.614. The standard InChI is InChI=1S/C25H31N3O5/c29-22(27-19-25(11-5-2-6-12-25)28-14-16-31-17-15-28)18-32-24(30)21-10-7-13-26-23(21)33-20-8-3-1-4-9-20/h1,3-4,7-10,13H,2,5-6,11-12,14-19H2,(H,27,29). The molecule has 8 nitrogen and oxygen atoms in total. The minimum Gasteiger partial charge on any atom is -0.452 e. The van der Waals surface area contributed by atoms with Crippen molar-refractivity contribution in [1.82, 2.24) is 15.2 Å². The van der Waals surface area contributed by atoms with Gasteiger partial charge in [0.25, 0.3) is 5.91 Å². The SMILES string of the molecule is O=C(COC(=O)c1cccnc1Oc1ccccc1)NCC1(N2CCOCC2)CCCCC1. The van der Waals surface area contributed by atoms with Crippen LogP contribution in [0.5, 0.6) is 11.6 Å².